The Kier molecular flexibility index (Phi) is 3.38. The smallest absolute Gasteiger partial charge is 0.137 e. The molecule has 2 heterocycles. The van der Waals surface area contributed by atoms with Gasteiger partial charge in [0.1, 0.15) is 17.3 Å². The van der Waals surface area contributed by atoms with Gasteiger partial charge in [0.25, 0.3) is 0 Å². The van der Waals surface area contributed by atoms with Crippen molar-refractivity contribution in [2.75, 3.05) is 18.5 Å². The summed E-state index contributed by atoms with van der Waals surface area (Å²) in [4.78, 5) is 8.18. The summed E-state index contributed by atoms with van der Waals surface area (Å²) in [6, 6.07) is 0.348. The molecule has 0 spiro atoms. The fourth-order valence-electron chi connectivity index (χ4n) is 1.67. The molecule has 2 rings (SSSR count). The molecule has 0 saturated carbocycles. The normalized spacial score (nSPS) is 20.5. The van der Waals surface area contributed by atoms with E-state index < -0.39 is 0 Å². The van der Waals surface area contributed by atoms with Gasteiger partial charge >= 0.3 is 0 Å². The summed E-state index contributed by atoms with van der Waals surface area (Å²) in [6.45, 7) is 3.60. The maximum atomic E-state index is 5.99. The standard InChI is InChI=1S/C10H14ClN3O/c1-2-8-9(11)12-6-13-10(8)14-7-3-4-15-5-7/h6-7H,2-5H2,1H3,(H,12,13,14). The van der Waals surface area contributed by atoms with Crippen molar-refractivity contribution in [3.8, 4) is 0 Å². The quantitative estimate of drug-likeness (QED) is 0.802. The Bertz CT molecular complexity index is 339. The molecular weight excluding hydrogens is 214 g/mol. The van der Waals surface area contributed by atoms with Gasteiger partial charge in [-0.05, 0) is 12.8 Å². The average Bonchev–Trinajstić information content (AvgIpc) is 2.71. The zero-order valence-corrected chi connectivity index (χ0v) is 9.42. The molecule has 1 N–H and O–H groups in total. The van der Waals surface area contributed by atoms with E-state index in [0.717, 1.165) is 37.4 Å². The predicted molar refractivity (Wildman–Crippen MR) is 59.3 cm³/mol. The van der Waals surface area contributed by atoms with Gasteiger partial charge < -0.3 is 10.1 Å². The van der Waals surface area contributed by atoms with Crippen LogP contribution in [0, 0.1) is 0 Å². The SMILES string of the molecule is CCc1c(Cl)ncnc1NC1CCOC1. The monoisotopic (exact) mass is 227 g/mol. The van der Waals surface area contributed by atoms with Crippen LogP contribution in [0.15, 0.2) is 6.33 Å². The Labute approximate surface area is 94.0 Å². The Morgan fingerprint density at radius 1 is 1.60 bits per heavy atom. The third-order valence-corrected chi connectivity index (χ3v) is 2.84. The fourth-order valence-corrected chi connectivity index (χ4v) is 1.94. The maximum Gasteiger partial charge on any atom is 0.137 e. The zero-order valence-electron chi connectivity index (χ0n) is 8.66. The molecule has 5 heteroatoms. The van der Waals surface area contributed by atoms with E-state index in [1.165, 1.54) is 6.33 Å². The first kappa shape index (κ1) is 10.6. The molecule has 0 amide bonds. The van der Waals surface area contributed by atoms with E-state index in [1.807, 2.05) is 6.92 Å². The molecular formula is C10H14ClN3O. The first-order valence-corrected chi connectivity index (χ1v) is 5.52. The van der Waals surface area contributed by atoms with Crippen molar-refractivity contribution in [3.63, 3.8) is 0 Å². The van der Waals surface area contributed by atoms with Crippen molar-refractivity contribution in [1.29, 1.82) is 0 Å². The second-order valence-corrected chi connectivity index (χ2v) is 3.91. The molecule has 15 heavy (non-hydrogen) atoms. The lowest BCUT2D eigenvalue weighted by Crippen LogP contribution is -2.21. The molecule has 1 aliphatic rings. The summed E-state index contributed by atoms with van der Waals surface area (Å²) in [5.41, 5.74) is 0.978. The highest BCUT2D eigenvalue weighted by atomic mass is 35.5. The molecule has 1 aliphatic heterocycles. The van der Waals surface area contributed by atoms with Gasteiger partial charge in [-0.3, -0.25) is 0 Å². The lowest BCUT2D eigenvalue weighted by atomic mass is 10.2. The number of rotatable bonds is 3. The molecule has 0 aromatic carbocycles. The van der Waals surface area contributed by atoms with E-state index in [1.54, 1.807) is 0 Å². The maximum absolute atomic E-state index is 5.99. The minimum atomic E-state index is 0.348. The van der Waals surface area contributed by atoms with Crippen LogP contribution in [0.25, 0.3) is 0 Å². The largest absolute Gasteiger partial charge is 0.379 e. The van der Waals surface area contributed by atoms with Crippen molar-refractivity contribution >= 4 is 17.4 Å². The van der Waals surface area contributed by atoms with Gasteiger partial charge in [-0.25, -0.2) is 9.97 Å². The van der Waals surface area contributed by atoms with Gasteiger partial charge in [-0.1, -0.05) is 18.5 Å². The van der Waals surface area contributed by atoms with E-state index in [0.29, 0.717) is 11.2 Å². The zero-order chi connectivity index (χ0) is 10.7. The van der Waals surface area contributed by atoms with Gasteiger partial charge in [0, 0.05) is 12.2 Å². The van der Waals surface area contributed by atoms with Crippen LogP contribution in [0.2, 0.25) is 5.15 Å². The summed E-state index contributed by atoms with van der Waals surface area (Å²) in [6.07, 6.45) is 3.33. The molecule has 1 aromatic heterocycles. The third kappa shape index (κ3) is 2.38. The number of hydrogen-bond donors (Lipinski definition) is 1. The van der Waals surface area contributed by atoms with Crippen LogP contribution in [0.4, 0.5) is 5.82 Å². The Morgan fingerprint density at radius 2 is 2.47 bits per heavy atom. The number of anilines is 1. The molecule has 1 unspecified atom stereocenters. The molecule has 1 saturated heterocycles. The highest BCUT2D eigenvalue weighted by Gasteiger charge is 2.17. The topological polar surface area (TPSA) is 47.0 Å². The van der Waals surface area contributed by atoms with Gasteiger partial charge in [0.2, 0.25) is 0 Å². The van der Waals surface area contributed by atoms with Crippen LogP contribution in [0.1, 0.15) is 18.9 Å². The summed E-state index contributed by atoms with van der Waals surface area (Å²) in [5, 5.41) is 3.88. The molecule has 0 bridgehead atoms. The number of halogens is 1. The second-order valence-electron chi connectivity index (χ2n) is 3.55. The lowest BCUT2D eigenvalue weighted by Gasteiger charge is -2.14. The molecule has 1 fully saturated rings. The van der Waals surface area contributed by atoms with E-state index in [4.69, 9.17) is 16.3 Å². The summed E-state index contributed by atoms with van der Waals surface area (Å²) < 4.78 is 5.29. The van der Waals surface area contributed by atoms with Gasteiger partial charge in [-0.2, -0.15) is 0 Å². The second kappa shape index (κ2) is 4.77. The van der Waals surface area contributed by atoms with E-state index >= 15 is 0 Å². The van der Waals surface area contributed by atoms with Gasteiger partial charge in [-0.15, -0.1) is 0 Å². The predicted octanol–water partition coefficient (Wildman–Crippen LogP) is 1.89. The summed E-state index contributed by atoms with van der Waals surface area (Å²) in [7, 11) is 0. The van der Waals surface area contributed by atoms with Gasteiger partial charge in [0.05, 0.1) is 12.6 Å². The van der Waals surface area contributed by atoms with Crippen molar-refractivity contribution in [3.05, 3.63) is 17.0 Å². The first-order valence-electron chi connectivity index (χ1n) is 5.15. The van der Waals surface area contributed by atoms with E-state index in [9.17, 15) is 0 Å². The van der Waals surface area contributed by atoms with Crippen LogP contribution in [0.5, 0.6) is 0 Å². The fraction of sp³-hybridized carbons (Fsp3) is 0.600. The third-order valence-electron chi connectivity index (χ3n) is 2.52. The Balaban J connectivity index is 2.15. The molecule has 0 radical (unpaired) electrons. The Hall–Kier alpha value is -0.870. The minimum Gasteiger partial charge on any atom is -0.379 e. The van der Waals surface area contributed by atoms with Crippen LogP contribution in [-0.2, 0) is 11.2 Å². The number of aromatic nitrogens is 2. The highest BCUT2D eigenvalue weighted by molar-refractivity contribution is 6.30. The molecule has 0 aliphatic carbocycles. The number of nitrogens with one attached hydrogen (secondary N) is 1. The van der Waals surface area contributed by atoms with Gasteiger partial charge in [0.15, 0.2) is 0 Å². The van der Waals surface area contributed by atoms with Crippen molar-refractivity contribution in [1.82, 2.24) is 9.97 Å². The number of nitrogens with zero attached hydrogens (tertiary/aromatic N) is 2. The van der Waals surface area contributed by atoms with Crippen LogP contribution < -0.4 is 5.32 Å². The van der Waals surface area contributed by atoms with Crippen LogP contribution in [0.3, 0.4) is 0 Å². The highest BCUT2D eigenvalue weighted by Crippen LogP contribution is 2.22. The summed E-state index contributed by atoms with van der Waals surface area (Å²) >= 11 is 5.99. The molecule has 1 atom stereocenters. The number of ether oxygens (including phenoxy) is 1. The van der Waals surface area contributed by atoms with E-state index in [-0.39, 0.29) is 0 Å². The summed E-state index contributed by atoms with van der Waals surface area (Å²) in [5.74, 6) is 0.841. The molecule has 82 valence electrons. The van der Waals surface area contributed by atoms with Crippen molar-refractivity contribution < 1.29 is 4.74 Å². The minimum absolute atomic E-state index is 0.348. The lowest BCUT2D eigenvalue weighted by molar-refractivity contribution is 0.195. The average molecular weight is 228 g/mol. The van der Waals surface area contributed by atoms with Crippen molar-refractivity contribution in [2.45, 2.75) is 25.8 Å². The van der Waals surface area contributed by atoms with Crippen LogP contribution >= 0.6 is 11.6 Å². The van der Waals surface area contributed by atoms with Crippen molar-refractivity contribution in [2.24, 2.45) is 0 Å². The van der Waals surface area contributed by atoms with E-state index in [2.05, 4.69) is 15.3 Å². The molecule has 4 nitrogen and oxygen atoms in total. The van der Waals surface area contributed by atoms with Crippen LogP contribution in [-0.4, -0.2) is 29.2 Å². The Morgan fingerprint density at radius 3 is 3.13 bits per heavy atom. The number of hydrogen-bond acceptors (Lipinski definition) is 4. The molecule has 1 aromatic rings. The first-order chi connectivity index (χ1) is 7.31.